The molecule has 1 aromatic carbocycles. The van der Waals surface area contributed by atoms with Gasteiger partial charge in [-0.05, 0) is 12.5 Å². The summed E-state index contributed by atoms with van der Waals surface area (Å²) in [5.74, 6) is -1.57. The van der Waals surface area contributed by atoms with Crippen molar-refractivity contribution in [2.75, 3.05) is 12.3 Å². The molecule has 0 aliphatic heterocycles. The summed E-state index contributed by atoms with van der Waals surface area (Å²) in [5, 5.41) is 2.20. The van der Waals surface area contributed by atoms with E-state index in [1.54, 1.807) is 12.1 Å². The monoisotopic (exact) mass is 399 g/mol. The highest BCUT2D eigenvalue weighted by atomic mass is 79.9. The molecule has 0 bridgehead atoms. The van der Waals surface area contributed by atoms with Crippen LogP contribution in [0.3, 0.4) is 0 Å². The number of hydrogen-bond donors (Lipinski definition) is 3. The SMILES string of the molecule is Cc1ccc(C(Br)(C(=O)NCCS(=O)(=O)O)S(=O)O)cc1. The molecule has 21 heavy (non-hydrogen) atoms. The Bertz CT molecular complexity index is 645. The molecule has 0 saturated carbocycles. The number of nitrogens with one attached hydrogen (secondary N) is 1. The number of benzene rings is 1. The van der Waals surface area contributed by atoms with Crippen LogP contribution >= 0.6 is 15.9 Å². The highest BCUT2D eigenvalue weighted by molar-refractivity contribution is 9.11. The number of carbonyl (C=O) groups is 1. The van der Waals surface area contributed by atoms with Gasteiger partial charge in [0.2, 0.25) is 3.66 Å². The van der Waals surface area contributed by atoms with Crippen molar-refractivity contribution in [1.82, 2.24) is 5.32 Å². The lowest BCUT2D eigenvalue weighted by molar-refractivity contribution is -0.121. The first-order valence-electron chi connectivity index (χ1n) is 5.68. The molecule has 0 heterocycles. The number of amides is 1. The molecule has 0 aliphatic rings. The number of carbonyl (C=O) groups excluding carboxylic acids is 1. The van der Waals surface area contributed by atoms with Crippen molar-refractivity contribution in [3.05, 3.63) is 35.4 Å². The van der Waals surface area contributed by atoms with Gasteiger partial charge in [-0.2, -0.15) is 8.42 Å². The molecule has 0 spiro atoms. The third kappa shape index (κ3) is 4.85. The predicted molar refractivity (Wildman–Crippen MR) is 82.0 cm³/mol. The van der Waals surface area contributed by atoms with E-state index in [9.17, 15) is 22.0 Å². The molecule has 1 aromatic rings. The first-order chi connectivity index (χ1) is 9.57. The summed E-state index contributed by atoms with van der Waals surface area (Å²) in [4.78, 5) is 12.1. The Morgan fingerprint density at radius 3 is 2.33 bits per heavy atom. The molecular formula is C11H14BrNO6S2. The van der Waals surface area contributed by atoms with E-state index in [2.05, 4.69) is 21.2 Å². The Balaban J connectivity index is 2.97. The predicted octanol–water partition coefficient (Wildman–Crippen LogP) is 0.768. The van der Waals surface area contributed by atoms with Gasteiger partial charge in [0.1, 0.15) is 0 Å². The fourth-order valence-electron chi connectivity index (χ4n) is 1.49. The molecular weight excluding hydrogens is 386 g/mol. The van der Waals surface area contributed by atoms with E-state index >= 15 is 0 Å². The molecule has 3 N–H and O–H groups in total. The maximum Gasteiger partial charge on any atom is 0.266 e. The molecule has 0 fully saturated rings. The second-order valence-corrected chi connectivity index (χ2v) is 8.65. The summed E-state index contributed by atoms with van der Waals surface area (Å²) < 4.78 is 48.8. The lowest BCUT2D eigenvalue weighted by Gasteiger charge is -2.23. The quantitative estimate of drug-likeness (QED) is 0.369. The molecule has 7 nitrogen and oxygen atoms in total. The molecule has 1 amide bonds. The van der Waals surface area contributed by atoms with E-state index < -0.39 is 36.5 Å². The van der Waals surface area contributed by atoms with Gasteiger partial charge in [0, 0.05) is 6.54 Å². The summed E-state index contributed by atoms with van der Waals surface area (Å²) in [6.07, 6.45) is 0. The lowest BCUT2D eigenvalue weighted by Crippen LogP contribution is -2.44. The highest BCUT2D eigenvalue weighted by Gasteiger charge is 2.44. The minimum Gasteiger partial charge on any atom is -0.353 e. The molecule has 0 saturated heterocycles. The molecule has 2 unspecified atom stereocenters. The second kappa shape index (κ2) is 6.97. The minimum absolute atomic E-state index is 0.248. The average molecular weight is 400 g/mol. The zero-order chi connectivity index (χ0) is 16.3. The van der Waals surface area contributed by atoms with E-state index in [0.717, 1.165) is 5.56 Å². The van der Waals surface area contributed by atoms with Crippen LogP contribution in [0.25, 0.3) is 0 Å². The van der Waals surface area contributed by atoms with Gasteiger partial charge in [-0.15, -0.1) is 0 Å². The zero-order valence-electron chi connectivity index (χ0n) is 10.9. The third-order valence-electron chi connectivity index (χ3n) is 2.60. The van der Waals surface area contributed by atoms with Crippen molar-refractivity contribution in [1.29, 1.82) is 0 Å². The van der Waals surface area contributed by atoms with E-state index in [4.69, 9.17) is 4.55 Å². The van der Waals surface area contributed by atoms with Crippen molar-refractivity contribution in [3.8, 4) is 0 Å². The first kappa shape index (κ1) is 18.2. The van der Waals surface area contributed by atoms with Crippen molar-refractivity contribution >= 4 is 43.0 Å². The normalized spacial score (nSPS) is 16.0. The Kier molecular flexibility index (Phi) is 6.05. The lowest BCUT2D eigenvalue weighted by atomic mass is 10.1. The minimum atomic E-state index is -4.22. The largest absolute Gasteiger partial charge is 0.353 e. The zero-order valence-corrected chi connectivity index (χ0v) is 14.2. The van der Waals surface area contributed by atoms with Gasteiger partial charge in [0.25, 0.3) is 16.0 Å². The fraction of sp³-hybridized carbons (Fsp3) is 0.364. The molecule has 0 aromatic heterocycles. The highest BCUT2D eigenvalue weighted by Crippen LogP contribution is 2.34. The van der Waals surface area contributed by atoms with Gasteiger partial charge < -0.3 is 9.87 Å². The summed E-state index contributed by atoms with van der Waals surface area (Å²) in [6.45, 7) is 1.44. The van der Waals surface area contributed by atoms with Crippen LogP contribution in [-0.2, 0) is 29.6 Å². The maximum absolute atomic E-state index is 12.1. The second-order valence-electron chi connectivity index (χ2n) is 4.25. The van der Waals surface area contributed by atoms with Crippen molar-refractivity contribution < 1.29 is 26.5 Å². The van der Waals surface area contributed by atoms with Crippen molar-refractivity contribution in [2.24, 2.45) is 0 Å². The Labute approximate surface area is 133 Å². The summed E-state index contributed by atoms with van der Waals surface area (Å²) in [5.41, 5.74) is 1.15. The number of halogens is 1. The Morgan fingerprint density at radius 1 is 1.38 bits per heavy atom. The Morgan fingerprint density at radius 2 is 1.90 bits per heavy atom. The van der Waals surface area contributed by atoms with E-state index in [0.29, 0.717) is 0 Å². The van der Waals surface area contributed by atoms with Gasteiger partial charge in [-0.1, -0.05) is 45.8 Å². The van der Waals surface area contributed by atoms with E-state index in [-0.39, 0.29) is 12.1 Å². The standard InChI is InChI=1S/C11H14BrNO6S2/c1-8-2-4-9(5-3-8)11(12,20(15)16)10(14)13-6-7-21(17,18)19/h2-5H,6-7H2,1H3,(H,13,14)(H,15,16)(H,17,18,19). The van der Waals surface area contributed by atoms with Crippen LogP contribution in [0.15, 0.2) is 24.3 Å². The number of rotatable bonds is 6. The number of aryl methyl sites for hydroxylation is 1. The van der Waals surface area contributed by atoms with Crippen LogP contribution in [-0.4, -0.2) is 39.9 Å². The van der Waals surface area contributed by atoms with Gasteiger partial charge >= 0.3 is 0 Å². The Hall–Kier alpha value is -0.810. The summed E-state index contributed by atoms with van der Waals surface area (Å²) in [6, 6.07) is 6.37. The van der Waals surface area contributed by atoms with Crippen molar-refractivity contribution in [3.63, 3.8) is 0 Å². The van der Waals surface area contributed by atoms with E-state index in [1.165, 1.54) is 12.1 Å². The smallest absolute Gasteiger partial charge is 0.266 e. The van der Waals surface area contributed by atoms with Crippen LogP contribution in [0.4, 0.5) is 0 Å². The molecule has 0 radical (unpaired) electrons. The van der Waals surface area contributed by atoms with Gasteiger partial charge in [0.15, 0.2) is 11.1 Å². The maximum atomic E-state index is 12.1. The van der Waals surface area contributed by atoms with Crippen LogP contribution in [0.2, 0.25) is 0 Å². The van der Waals surface area contributed by atoms with Crippen molar-refractivity contribution in [2.45, 2.75) is 10.6 Å². The number of alkyl halides is 1. The van der Waals surface area contributed by atoms with Gasteiger partial charge in [-0.25, -0.2) is 4.21 Å². The van der Waals surface area contributed by atoms with Crippen LogP contribution in [0, 0.1) is 6.92 Å². The fourth-order valence-corrected chi connectivity index (χ4v) is 2.82. The van der Waals surface area contributed by atoms with Crippen LogP contribution in [0.1, 0.15) is 11.1 Å². The van der Waals surface area contributed by atoms with Crippen LogP contribution < -0.4 is 5.32 Å². The first-order valence-corrected chi connectivity index (χ1v) is 9.18. The number of hydrogen-bond acceptors (Lipinski definition) is 4. The average Bonchev–Trinajstić information content (AvgIpc) is 2.36. The summed E-state index contributed by atoms with van der Waals surface area (Å²) >= 11 is 0.366. The molecule has 118 valence electrons. The van der Waals surface area contributed by atoms with Crippen LogP contribution in [0.5, 0.6) is 0 Å². The molecule has 0 aliphatic carbocycles. The topological polar surface area (TPSA) is 121 Å². The molecule has 10 heteroatoms. The third-order valence-corrected chi connectivity index (χ3v) is 5.87. The summed E-state index contributed by atoms with van der Waals surface area (Å²) in [7, 11) is -4.22. The van der Waals surface area contributed by atoms with Gasteiger partial charge in [0.05, 0.1) is 5.75 Å². The molecule has 1 rings (SSSR count). The molecule has 2 atom stereocenters. The van der Waals surface area contributed by atoms with Gasteiger partial charge in [-0.3, -0.25) is 9.35 Å². The van der Waals surface area contributed by atoms with E-state index in [1.807, 2.05) is 6.92 Å².